The average molecular weight is 462 g/mol. The van der Waals surface area contributed by atoms with Crippen LogP contribution in [0.5, 0.6) is 23.0 Å². The van der Waals surface area contributed by atoms with Crippen molar-refractivity contribution in [2.45, 2.75) is 19.8 Å². The normalized spacial score (nSPS) is 12.7. The molecule has 0 spiro atoms. The maximum atomic E-state index is 14.0. The number of amides is 1. The molecule has 0 bridgehead atoms. The molecule has 10 nitrogen and oxygen atoms in total. The molecule has 0 fully saturated rings. The van der Waals surface area contributed by atoms with E-state index < -0.39 is 22.4 Å². The standard InChI is InChI=1S/C22H23FN2O8/c1-4-32-18(26)9-11-24-10-8-13-14(22(24)27)12-17(30-2)21(20(13)31-3)33-16-7-5-6-15(23)19(16)25(28)29/h5-7,12H,4,8-11H2,1-3H3. The summed E-state index contributed by atoms with van der Waals surface area (Å²) in [6.07, 6.45) is 0.437. The summed E-state index contributed by atoms with van der Waals surface area (Å²) in [6, 6.07) is 4.93. The minimum absolute atomic E-state index is 0.0137. The number of nitrogens with zero attached hydrogens (tertiary/aromatic N) is 2. The molecule has 0 N–H and O–H groups in total. The van der Waals surface area contributed by atoms with E-state index in [-0.39, 0.29) is 48.5 Å². The van der Waals surface area contributed by atoms with E-state index in [2.05, 4.69) is 0 Å². The molecule has 0 aliphatic carbocycles. The number of hydrogen-bond donors (Lipinski definition) is 0. The number of methoxy groups -OCH3 is 2. The van der Waals surface area contributed by atoms with Gasteiger partial charge in [-0.1, -0.05) is 6.07 Å². The van der Waals surface area contributed by atoms with Gasteiger partial charge in [-0.3, -0.25) is 19.7 Å². The van der Waals surface area contributed by atoms with E-state index in [1.165, 1.54) is 37.3 Å². The van der Waals surface area contributed by atoms with Crippen molar-refractivity contribution in [3.05, 3.63) is 51.3 Å². The van der Waals surface area contributed by atoms with E-state index in [1.54, 1.807) is 6.92 Å². The number of benzene rings is 2. The zero-order valence-corrected chi connectivity index (χ0v) is 18.4. The van der Waals surface area contributed by atoms with Gasteiger partial charge in [0.15, 0.2) is 11.5 Å². The topological polar surface area (TPSA) is 117 Å². The number of ether oxygens (including phenoxy) is 4. The number of para-hydroxylation sites is 1. The molecule has 1 aliphatic rings. The molecule has 33 heavy (non-hydrogen) atoms. The van der Waals surface area contributed by atoms with E-state index >= 15 is 0 Å². The zero-order valence-electron chi connectivity index (χ0n) is 18.4. The molecular formula is C22H23FN2O8. The van der Waals surface area contributed by atoms with Gasteiger partial charge < -0.3 is 23.8 Å². The van der Waals surface area contributed by atoms with Gasteiger partial charge in [0.1, 0.15) is 0 Å². The summed E-state index contributed by atoms with van der Waals surface area (Å²) in [4.78, 5) is 36.7. The molecule has 2 aromatic carbocycles. The summed E-state index contributed by atoms with van der Waals surface area (Å²) in [7, 11) is 2.69. The quantitative estimate of drug-likeness (QED) is 0.316. The Hall–Kier alpha value is -3.89. The van der Waals surface area contributed by atoms with E-state index in [0.717, 1.165) is 6.07 Å². The number of rotatable bonds is 9. The molecule has 0 atom stereocenters. The van der Waals surface area contributed by atoms with Crippen LogP contribution in [0.4, 0.5) is 10.1 Å². The Balaban J connectivity index is 1.99. The number of esters is 1. The van der Waals surface area contributed by atoms with Crippen molar-refractivity contribution in [2.75, 3.05) is 33.9 Å². The van der Waals surface area contributed by atoms with Crippen molar-refractivity contribution in [1.29, 1.82) is 0 Å². The summed E-state index contributed by atoms with van der Waals surface area (Å²) in [5, 5.41) is 11.3. The predicted octanol–water partition coefficient (Wildman–Crippen LogP) is 3.49. The first-order chi connectivity index (χ1) is 15.8. The van der Waals surface area contributed by atoms with Gasteiger partial charge in [0, 0.05) is 18.7 Å². The van der Waals surface area contributed by atoms with Gasteiger partial charge in [0.05, 0.1) is 37.7 Å². The summed E-state index contributed by atoms with van der Waals surface area (Å²) < 4.78 is 35.5. The lowest BCUT2D eigenvalue weighted by atomic mass is 9.96. The first kappa shape index (κ1) is 23.8. The molecule has 2 aromatic rings. The number of nitro benzene ring substituents is 1. The molecule has 11 heteroatoms. The van der Waals surface area contributed by atoms with E-state index in [9.17, 15) is 24.1 Å². The number of fused-ring (bicyclic) bond motifs is 1. The van der Waals surface area contributed by atoms with E-state index in [0.29, 0.717) is 24.1 Å². The van der Waals surface area contributed by atoms with Crippen LogP contribution < -0.4 is 14.2 Å². The molecule has 1 heterocycles. The third kappa shape index (κ3) is 4.81. The molecule has 0 saturated heterocycles. The Kier molecular flexibility index (Phi) is 7.31. The second-order valence-corrected chi connectivity index (χ2v) is 7.01. The minimum atomic E-state index is -1.05. The first-order valence-electron chi connectivity index (χ1n) is 10.2. The van der Waals surface area contributed by atoms with Crippen LogP contribution in [0.15, 0.2) is 24.3 Å². The van der Waals surface area contributed by atoms with Crippen molar-refractivity contribution in [3.8, 4) is 23.0 Å². The molecule has 0 saturated carbocycles. The lowest BCUT2D eigenvalue weighted by molar-refractivity contribution is -0.388. The van der Waals surface area contributed by atoms with Crippen LogP contribution in [0.1, 0.15) is 29.3 Å². The van der Waals surface area contributed by atoms with Gasteiger partial charge >= 0.3 is 11.7 Å². The minimum Gasteiger partial charge on any atom is -0.493 e. The number of hydrogen-bond acceptors (Lipinski definition) is 8. The lowest BCUT2D eigenvalue weighted by Crippen LogP contribution is -2.39. The Morgan fingerprint density at radius 2 is 1.97 bits per heavy atom. The van der Waals surface area contributed by atoms with Gasteiger partial charge in [-0.15, -0.1) is 0 Å². The third-order valence-electron chi connectivity index (χ3n) is 5.11. The van der Waals surface area contributed by atoms with Crippen molar-refractivity contribution in [1.82, 2.24) is 4.90 Å². The fraction of sp³-hybridized carbons (Fsp3) is 0.364. The lowest BCUT2D eigenvalue weighted by Gasteiger charge is -2.30. The van der Waals surface area contributed by atoms with Gasteiger partial charge in [-0.05, 0) is 31.5 Å². The molecule has 0 unspecified atom stereocenters. The Morgan fingerprint density at radius 3 is 2.61 bits per heavy atom. The fourth-order valence-electron chi connectivity index (χ4n) is 3.61. The SMILES string of the molecule is CCOC(=O)CCN1CCc2c(cc(OC)c(Oc3cccc(F)c3[N+](=O)[O-])c2OC)C1=O. The smallest absolute Gasteiger partial charge is 0.346 e. The van der Waals surface area contributed by atoms with E-state index in [4.69, 9.17) is 18.9 Å². The Labute approximate surface area is 188 Å². The van der Waals surface area contributed by atoms with Crippen molar-refractivity contribution < 1.29 is 37.9 Å². The zero-order chi connectivity index (χ0) is 24.1. The second-order valence-electron chi connectivity index (χ2n) is 7.01. The van der Waals surface area contributed by atoms with Crippen molar-refractivity contribution in [3.63, 3.8) is 0 Å². The molecule has 176 valence electrons. The van der Waals surface area contributed by atoms with E-state index in [1.807, 2.05) is 0 Å². The largest absolute Gasteiger partial charge is 0.493 e. The Bertz CT molecular complexity index is 1090. The van der Waals surface area contributed by atoms with Gasteiger partial charge in [0.25, 0.3) is 5.91 Å². The maximum Gasteiger partial charge on any atom is 0.346 e. The molecular weight excluding hydrogens is 439 g/mol. The summed E-state index contributed by atoms with van der Waals surface area (Å²) >= 11 is 0. The highest BCUT2D eigenvalue weighted by Crippen LogP contribution is 2.47. The molecule has 1 amide bonds. The van der Waals surface area contributed by atoms with Gasteiger partial charge in [-0.25, -0.2) is 0 Å². The van der Waals surface area contributed by atoms with Crippen LogP contribution >= 0.6 is 0 Å². The van der Waals surface area contributed by atoms with Crippen molar-refractivity contribution in [2.24, 2.45) is 0 Å². The van der Waals surface area contributed by atoms with Crippen LogP contribution in [0.25, 0.3) is 0 Å². The highest BCUT2D eigenvalue weighted by Gasteiger charge is 2.33. The van der Waals surface area contributed by atoms with Gasteiger partial charge in [-0.2, -0.15) is 4.39 Å². The van der Waals surface area contributed by atoms with Crippen LogP contribution in [0, 0.1) is 15.9 Å². The van der Waals surface area contributed by atoms with Crippen LogP contribution in [-0.4, -0.2) is 55.6 Å². The number of carbonyl (C=O) groups excluding carboxylic acids is 2. The Morgan fingerprint density at radius 1 is 1.21 bits per heavy atom. The molecule has 0 radical (unpaired) electrons. The number of halogens is 1. The average Bonchev–Trinajstić information content (AvgIpc) is 2.78. The molecule has 0 aromatic heterocycles. The van der Waals surface area contributed by atoms with Crippen LogP contribution in [0.2, 0.25) is 0 Å². The molecule has 1 aliphatic heterocycles. The predicted molar refractivity (Wildman–Crippen MR) is 114 cm³/mol. The summed E-state index contributed by atoms with van der Waals surface area (Å²) in [5.74, 6) is -1.91. The number of nitro groups is 1. The van der Waals surface area contributed by atoms with Crippen LogP contribution in [0.3, 0.4) is 0 Å². The maximum absolute atomic E-state index is 14.0. The monoisotopic (exact) mass is 462 g/mol. The first-order valence-corrected chi connectivity index (χ1v) is 10.2. The highest BCUT2D eigenvalue weighted by molar-refractivity contribution is 5.99. The number of carbonyl (C=O) groups is 2. The van der Waals surface area contributed by atoms with Crippen LogP contribution in [-0.2, 0) is 16.0 Å². The highest BCUT2D eigenvalue weighted by atomic mass is 19.1. The summed E-state index contributed by atoms with van der Waals surface area (Å²) in [5.41, 5.74) is -0.0230. The molecule has 3 rings (SSSR count). The van der Waals surface area contributed by atoms with Crippen molar-refractivity contribution >= 4 is 17.6 Å². The third-order valence-corrected chi connectivity index (χ3v) is 5.11. The summed E-state index contributed by atoms with van der Waals surface area (Å²) in [6.45, 7) is 2.47. The van der Waals surface area contributed by atoms with Gasteiger partial charge in [0.2, 0.25) is 17.3 Å². The fourth-order valence-corrected chi connectivity index (χ4v) is 3.61. The second kappa shape index (κ2) is 10.2.